The second-order valence-corrected chi connectivity index (χ2v) is 7.00. The van der Waals surface area contributed by atoms with Gasteiger partial charge in [0.25, 0.3) is 0 Å². The van der Waals surface area contributed by atoms with E-state index >= 15 is 0 Å². The molecule has 0 aliphatic heterocycles. The molecule has 1 amide bonds. The van der Waals surface area contributed by atoms with Crippen LogP contribution in [0.1, 0.15) is 12.7 Å². The van der Waals surface area contributed by atoms with Crippen molar-refractivity contribution in [3.05, 3.63) is 66.6 Å². The van der Waals surface area contributed by atoms with Gasteiger partial charge in [0, 0.05) is 32.8 Å². The third-order valence-corrected chi connectivity index (χ3v) is 4.48. The van der Waals surface area contributed by atoms with Gasteiger partial charge in [-0.3, -0.25) is 9.79 Å². The number of nitrogens with zero attached hydrogens (tertiary/aromatic N) is 3. The van der Waals surface area contributed by atoms with Gasteiger partial charge in [-0.1, -0.05) is 36.4 Å². The van der Waals surface area contributed by atoms with Crippen LogP contribution in [-0.2, 0) is 11.3 Å². The monoisotopic (exact) mass is 548 g/mol. The molecule has 0 fully saturated rings. The Kier molecular flexibility index (Phi) is 9.99. The SMILES string of the molecule is CN=C(NCCOc1cccc(NC(C)=O)c1)N(C)Cc1ncc(-c2ccccc2)[nH]1.I. The van der Waals surface area contributed by atoms with E-state index in [1.807, 2.05) is 66.7 Å². The molecule has 0 unspecified atom stereocenters. The predicted octanol–water partition coefficient (Wildman–Crippen LogP) is 3.74. The van der Waals surface area contributed by atoms with Crippen molar-refractivity contribution in [2.24, 2.45) is 4.99 Å². The van der Waals surface area contributed by atoms with Crippen LogP contribution in [0.15, 0.2) is 65.8 Å². The van der Waals surface area contributed by atoms with Crippen molar-refractivity contribution in [2.45, 2.75) is 13.5 Å². The minimum absolute atomic E-state index is 0. The maximum Gasteiger partial charge on any atom is 0.221 e. The van der Waals surface area contributed by atoms with E-state index in [9.17, 15) is 4.79 Å². The van der Waals surface area contributed by atoms with Crippen molar-refractivity contribution in [3.63, 3.8) is 0 Å². The van der Waals surface area contributed by atoms with Crippen LogP contribution in [0.4, 0.5) is 5.69 Å². The highest BCUT2D eigenvalue weighted by Crippen LogP contribution is 2.17. The lowest BCUT2D eigenvalue weighted by atomic mass is 10.2. The van der Waals surface area contributed by atoms with E-state index in [0.29, 0.717) is 31.1 Å². The van der Waals surface area contributed by atoms with E-state index < -0.39 is 0 Å². The highest BCUT2D eigenvalue weighted by Gasteiger charge is 2.10. The summed E-state index contributed by atoms with van der Waals surface area (Å²) in [5.74, 6) is 2.18. The molecule has 2 aromatic carbocycles. The molecule has 0 bridgehead atoms. The Hall–Kier alpha value is -3.08. The lowest BCUT2D eigenvalue weighted by Crippen LogP contribution is -2.40. The van der Waals surface area contributed by atoms with Crippen molar-refractivity contribution in [1.29, 1.82) is 0 Å². The van der Waals surface area contributed by atoms with Gasteiger partial charge in [-0.15, -0.1) is 24.0 Å². The number of anilines is 1. The number of imidazole rings is 1. The number of aromatic amines is 1. The van der Waals surface area contributed by atoms with Gasteiger partial charge < -0.3 is 25.3 Å². The summed E-state index contributed by atoms with van der Waals surface area (Å²) in [5.41, 5.74) is 2.80. The fraction of sp³-hybridized carbons (Fsp3) is 0.261. The van der Waals surface area contributed by atoms with Gasteiger partial charge in [0.2, 0.25) is 5.91 Å². The minimum atomic E-state index is -0.113. The zero-order chi connectivity index (χ0) is 22.1. The number of nitrogens with one attached hydrogen (secondary N) is 3. The fourth-order valence-corrected chi connectivity index (χ4v) is 3.09. The number of hydrogen-bond donors (Lipinski definition) is 3. The number of rotatable bonds is 8. The molecule has 32 heavy (non-hydrogen) atoms. The van der Waals surface area contributed by atoms with E-state index in [1.165, 1.54) is 6.92 Å². The van der Waals surface area contributed by atoms with Crippen molar-refractivity contribution in [3.8, 4) is 17.0 Å². The summed E-state index contributed by atoms with van der Waals surface area (Å²) >= 11 is 0. The average molecular weight is 548 g/mol. The van der Waals surface area contributed by atoms with E-state index in [4.69, 9.17) is 4.74 Å². The van der Waals surface area contributed by atoms with Crippen molar-refractivity contribution in [2.75, 3.05) is 32.6 Å². The maximum absolute atomic E-state index is 11.2. The Bertz CT molecular complexity index is 1020. The smallest absolute Gasteiger partial charge is 0.221 e. The molecule has 0 aliphatic carbocycles. The molecule has 9 heteroatoms. The lowest BCUT2D eigenvalue weighted by molar-refractivity contribution is -0.114. The molecule has 0 saturated carbocycles. The summed E-state index contributed by atoms with van der Waals surface area (Å²) in [6.07, 6.45) is 1.84. The van der Waals surface area contributed by atoms with E-state index in [-0.39, 0.29) is 29.9 Å². The third-order valence-electron chi connectivity index (χ3n) is 4.48. The average Bonchev–Trinajstić information content (AvgIpc) is 3.22. The molecule has 8 nitrogen and oxygen atoms in total. The number of halogens is 1. The molecule has 3 aromatic rings. The molecule has 0 saturated heterocycles. The van der Waals surface area contributed by atoms with Crippen LogP contribution in [-0.4, -0.2) is 54.0 Å². The summed E-state index contributed by atoms with van der Waals surface area (Å²) in [4.78, 5) is 25.3. The number of guanidine groups is 1. The number of carbonyl (C=O) groups is 1. The third kappa shape index (κ3) is 7.56. The normalized spacial score (nSPS) is 10.8. The van der Waals surface area contributed by atoms with Crippen LogP contribution in [0, 0.1) is 0 Å². The van der Waals surface area contributed by atoms with E-state index in [1.54, 1.807) is 13.1 Å². The second-order valence-electron chi connectivity index (χ2n) is 7.00. The number of carbonyl (C=O) groups excluding carboxylic acids is 1. The standard InChI is InChI=1S/C23H28N6O2.HI/c1-17(30)27-19-10-7-11-20(14-19)31-13-12-25-23(24-2)29(3)16-22-26-15-21(28-22)18-8-5-4-6-9-18;/h4-11,14-15H,12-13,16H2,1-3H3,(H,24,25)(H,26,28)(H,27,30);1H. The number of aliphatic imine (C=N–C) groups is 1. The zero-order valence-electron chi connectivity index (χ0n) is 18.5. The Morgan fingerprint density at radius 2 is 1.97 bits per heavy atom. The van der Waals surface area contributed by atoms with E-state index in [0.717, 1.165) is 23.0 Å². The summed E-state index contributed by atoms with van der Waals surface area (Å²) < 4.78 is 5.77. The quantitative estimate of drug-likeness (QED) is 0.173. The van der Waals surface area contributed by atoms with E-state index in [2.05, 4.69) is 25.6 Å². The van der Waals surface area contributed by atoms with Gasteiger partial charge in [0.15, 0.2) is 5.96 Å². The molecule has 0 atom stereocenters. The molecule has 0 aliphatic rings. The van der Waals surface area contributed by atoms with Crippen LogP contribution in [0.5, 0.6) is 5.75 Å². The number of aromatic nitrogens is 2. The predicted molar refractivity (Wildman–Crippen MR) is 139 cm³/mol. The highest BCUT2D eigenvalue weighted by atomic mass is 127. The molecular weight excluding hydrogens is 519 g/mol. The van der Waals surface area contributed by atoms with Crippen LogP contribution in [0.25, 0.3) is 11.3 Å². The summed E-state index contributed by atoms with van der Waals surface area (Å²) in [5, 5.41) is 6.03. The lowest BCUT2D eigenvalue weighted by Gasteiger charge is -2.21. The first-order valence-corrected chi connectivity index (χ1v) is 10.1. The number of benzene rings is 2. The first-order valence-electron chi connectivity index (χ1n) is 10.1. The fourth-order valence-electron chi connectivity index (χ4n) is 3.09. The Morgan fingerprint density at radius 1 is 1.19 bits per heavy atom. The Labute approximate surface area is 205 Å². The molecule has 0 spiro atoms. The van der Waals surface area contributed by atoms with Gasteiger partial charge in [0.1, 0.15) is 18.2 Å². The molecule has 3 rings (SSSR count). The number of H-pyrrole nitrogens is 1. The van der Waals surface area contributed by atoms with Crippen LogP contribution in [0.3, 0.4) is 0 Å². The van der Waals surface area contributed by atoms with Crippen molar-refractivity contribution < 1.29 is 9.53 Å². The first-order chi connectivity index (χ1) is 15.0. The van der Waals surface area contributed by atoms with Gasteiger partial charge in [-0.25, -0.2) is 4.98 Å². The molecule has 1 heterocycles. The molecule has 0 radical (unpaired) electrons. The molecular formula is C23H29IN6O2. The summed E-state index contributed by atoms with van der Waals surface area (Å²) in [6.45, 7) is 3.10. The van der Waals surface area contributed by atoms with Crippen LogP contribution in [0.2, 0.25) is 0 Å². The summed E-state index contributed by atoms with van der Waals surface area (Å²) in [7, 11) is 3.70. The first kappa shape index (κ1) is 25.2. The number of amides is 1. The number of ether oxygens (including phenoxy) is 1. The Morgan fingerprint density at radius 3 is 2.69 bits per heavy atom. The van der Waals surface area contributed by atoms with Crippen molar-refractivity contribution >= 4 is 41.5 Å². The minimum Gasteiger partial charge on any atom is -0.492 e. The number of hydrogen-bond acceptors (Lipinski definition) is 4. The van der Waals surface area contributed by atoms with Gasteiger partial charge in [-0.2, -0.15) is 0 Å². The molecule has 1 aromatic heterocycles. The maximum atomic E-state index is 11.2. The van der Waals surface area contributed by atoms with Gasteiger partial charge in [0.05, 0.1) is 25.0 Å². The molecule has 3 N–H and O–H groups in total. The van der Waals surface area contributed by atoms with Crippen molar-refractivity contribution in [1.82, 2.24) is 20.2 Å². The zero-order valence-corrected chi connectivity index (χ0v) is 20.8. The van der Waals surface area contributed by atoms with Gasteiger partial charge in [-0.05, 0) is 17.7 Å². The van der Waals surface area contributed by atoms with Crippen LogP contribution < -0.4 is 15.4 Å². The second kappa shape index (κ2) is 12.7. The van der Waals surface area contributed by atoms with Crippen LogP contribution >= 0.6 is 24.0 Å². The largest absolute Gasteiger partial charge is 0.492 e. The Balaban J connectivity index is 0.00000363. The van der Waals surface area contributed by atoms with Gasteiger partial charge >= 0.3 is 0 Å². The molecule has 170 valence electrons. The summed E-state index contributed by atoms with van der Waals surface area (Å²) in [6, 6.07) is 17.4. The topological polar surface area (TPSA) is 94.6 Å². The highest BCUT2D eigenvalue weighted by molar-refractivity contribution is 14.0.